The molecule has 0 unspecified atom stereocenters. The summed E-state index contributed by atoms with van der Waals surface area (Å²) in [7, 11) is -1.43. The van der Waals surface area contributed by atoms with E-state index in [1.54, 1.807) is 28.9 Å². The highest BCUT2D eigenvalue weighted by Crippen LogP contribution is 2.27. The van der Waals surface area contributed by atoms with Gasteiger partial charge in [0.05, 0.1) is 22.5 Å². The zero-order chi connectivity index (χ0) is 28.7. The van der Waals surface area contributed by atoms with Crippen molar-refractivity contribution in [3.63, 3.8) is 0 Å². The monoisotopic (exact) mass is 556 g/mol. The second-order valence-electron chi connectivity index (χ2n) is 10.9. The van der Waals surface area contributed by atoms with Crippen LogP contribution in [0, 0.1) is 0 Å². The van der Waals surface area contributed by atoms with E-state index in [1.807, 2.05) is 66.3 Å². The predicted octanol–water partition coefficient (Wildman–Crippen LogP) is 5.42. The van der Waals surface area contributed by atoms with E-state index in [0.29, 0.717) is 17.3 Å². The lowest BCUT2D eigenvalue weighted by Crippen LogP contribution is -2.29. The molecule has 0 aliphatic rings. The Hall–Kier alpha value is -4.44. The van der Waals surface area contributed by atoms with Crippen LogP contribution in [0.4, 0.5) is 10.6 Å². The maximum Gasteiger partial charge on any atom is 0.320 e. The first-order chi connectivity index (χ1) is 18.9. The molecule has 2 aromatic carbocycles. The molecule has 5 aromatic rings. The number of nitrogens with zero attached hydrogens (tertiary/aromatic N) is 4. The molecule has 0 radical (unpaired) electrons. The Morgan fingerprint density at radius 1 is 0.925 bits per heavy atom. The quantitative estimate of drug-likeness (QED) is 0.290. The van der Waals surface area contributed by atoms with Crippen LogP contribution in [0.1, 0.15) is 32.0 Å². The molecule has 0 saturated carbocycles. The van der Waals surface area contributed by atoms with E-state index < -0.39 is 9.84 Å². The first-order valence-corrected chi connectivity index (χ1v) is 14.7. The Bertz CT molecular complexity index is 1800. The number of hydrogen-bond donors (Lipinski definition) is 2. The molecule has 206 valence electrons. The summed E-state index contributed by atoms with van der Waals surface area (Å²) in [4.78, 5) is 17.4. The zero-order valence-corrected chi connectivity index (χ0v) is 24.0. The number of urea groups is 1. The fraction of sp³-hybridized carbons (Fsp3) is 0.233. The summed E-state index contributed by atoms with van der Waals surface area (Å²) in [6.07, 6.45) is 4.99. The number of amides is 2. The van der Waals surface area contributed by atoms with Gasteiger partial charge < -0.3 is 5.32 Å². The fourth-order valence-corrected chi connectivity index (χ4v) is 4.99. The minimum absolute atomic E-state index is 0.104. The van der Waals surface area contributed by atoms with Gasteiger partial charge in [-0.2, -0.15) is 5.10 Å². The maximum absolute atomic E-state index is 12.5. The van der Waals surface area contributed by atoms with Gasteiger partial charge in [0.2, 0.25) is 0 Å². The average molecular weight is 557 g/mol. The van der Waals surface area contributed by atoms with Crippen molar-refractivity contribution >= 4 is 27.3 Å². The number of anilines is 1. The van der Waals surface area contributed by atoms with Crippen molar-refractivity contribution < 1.29 is 13.2 Å². The van der Waals surface area contributed by atoms with E-state index in [9.17, 15) is 13.2 Å². The van der Waals surface area contributed by atoms with Gasteiger partial charge in [-0.05, 0) is 41.0 Å². The molecule has 2 N–H and O–H groups in total. The van der Waals surface area contributed by atoms with Crippen molar-refractivity contribution in [1.82, 2.24) is 24.5 Å². The minimum atomic E-state index is -3.24. The highest BCUT2D eigenvalue weighted by atomic mass is 32.2. The van der Waals surface area contributed by atoms with Gasteiger partial charge in [0.15, 0.2) is 9.84 Å². The molecule has 3 heterocycles. The number of hydrogen-bond acceptors (Lipinski definition) is 5. The molecule has 0 spiro atoms. The van der Waals surface area contributed by atoms with Crippen LogP contribution in [0.15, 0.2) is 84.0 Å². The third kappa shape index (κ3) is 5.76. The molecule has 0 aliphatic carbocycles. The van der Waals surface area contributed by atoms with E-state index in [-0.39, 0.29) is 11.4 Å². The number of pyridine rings is 1. The Morgan fingerprint density at radius 2 is 1.60 bits per heavy atom. The summed E-state index contributed by atoms with van der Waals surface area (Å²) in [5, 5.41) is 10.2. The van der Waals surface area contributed by atoms with Crippen LogP contribution in [0.5, 0.6) is 0 Å². The summed E-state index contributed by atoms with van der Waals surface area (Å²) >= 11 is 0. The average Bonchev–Trinajstić information content (AvgIpc) is 3.50. The van der Waals surface area contributed by atoms with Crippen molar-refractivity contribution in [2.75, 3.05) is 11.6 Å². The first kappa shape index (κ1) is 27.1. The Balaban J connectivity index is 1.25. The van der Waals surface area contributed by atoms with Crippen molar-refractivity contribution in [3.8, 4) is 22.4 Å². The number of fused-ring (bicyclic) bond motifs is 1. The molecular formula is C30H32N6O3S. The number of nitrogens with one attached hydrogen (secondary N) is 2. The second kappa shape index (κ2) is 10.3. The topological polar surface area (TPSA) is 110 Å². The summed E-state index contributed by atoms with van der Waals surface area (Å²) in [5.41, 5.74) is 6.36. The van der Waals surface area contributed by atoms with E-state index >= 15 is 0 Å². The highest BCUT2D eigenvalue weighted by Gasteiger charge is 2.19. The summed E-state index contributed by atoms with van der Waals surface area (Å²) in [6.45, 7) is 6.62. The van der Waals surface area contributed by atoms with E-state index in [4.69, 9.17) is 0 Å². The molecule has 5 rings (SSSR count). The van der Waals surface area contributed by atoms with Crippen LogP contribution in [0.3, 0.4) is 0 Å². The van der Waals surface area contributed by atoms with Gasteiger partial charge in [-0.15, -0.1) is 0 Å². The fourth-order valence-electron chi connectivity index (χ4n) is 4.36. The molecular weight excluding hydrogens is 524 g/mol. The minimum Gasteiger partial charge on any atom is -0.334 e. The van der Waals surface area contributed by atoms with Crippen molar-refractivity contribution in [1.29, 1.82) is 0 Å². The number of aromatic nitrogens is 4. The smallest absolute Gasteiger partial charge is 0.320 e. The van der Waals surface area contributed by atoms with Gasteiger partial charge >= 0.3 is 6.03 Å². The van der Waals surface area contributed by atoms with E-state index in [0.717, 1.165) is 39.3 Å². The van der Waals surface area contributed by atoms with Crippen molar-refractivity contribution in [2.45, 2.75) is 37.6 Å². The van der Waals surface area contributed by atoms with E-state index in [2.05, 4.69) is 41.5 Å². The van der Waals surface area contributed by atoms with Crippen LogP contribution in [-0.2, 0) is 28.8 Å². The maximum atomic E-state index is 12.5. The van der Waals surface area contributed by atoms with E-state index in [1.165, 1.54) is 6.26 Å². The second-order valence-corrected chi connectivity index (χ2v) is 12.9. The molecule has 40 heavy (non-hydrogen) atoms. The SMILES string of the molecule is Cn1nc(C(C)(C)C)cc1NC(=O)NCc1ccc(-c2cnc3cc(-c4ccc(S(C)(=O)=O)cc4)ccn23)cc1. The first-order valence-electron chi connectivity index (χ1n) is 12.8. The molecule has 0 aliphatic heterocycles. The lowest BCUT2D eigenvalue weighted by Gasteiger charge is -2.13. The van der Waals surface area contributed by atoms with Gasteiger partial charge in [-0.3, -0.25) is 14.4 Å². The lowest BCUT2D eigenvalue weighted by atomic mass is 9.92. The number of carbonyl (C=O) groups excluding carboxylic acids is 1. The number of carbonyl (C=O) groups is 1. The number of sulfone groups is 1. The predicted molar refractivity (Wildman–Crippen MR) is 157 cm³/mol. The highest BCUT2D eigenvalue weighted by molar-refractivity contribution is 7.90. The third-order valence-electron chi connectivity index (χ3n) is 6.72. The van der Waals surface area contributed by atoms with Gasteiger partial charge in [0, 0.05) is 43.1 Å². The molecule has 3 aromatic heterocycles. The van der Waals surface area contributed by atoms with Gasteiger partial charge in [0.25, 0.3) is 0 Å². The lowest BCUT2D eigenvalue weighted by molar-refractivity contribution is 0.251. The normalized spacial score (nSPS) is 12.0. The van der Waals surface area contributed by atoms with Crippen LogP contribution in [-0.4, -0.2) is 39.9 Å². The molecule has 10 heteroatoms. The van der Waals surface area contributed by atoms with Gasteiger partial charge in [-0.1, -0.05) is 57.2 Å². The zero-order valence-electron chi connectivity index (χ0n) is 23.1. The van der Waals surface area contributed by atoms with Crippen LogP contribution in [0.25, 0.3) is 28.0 Å². The van der Waals surface area contributed by atoms with Crippen LogP contribution in [0.2, 0.25) is 0 Å². The number of rotatable bonds is 6. The largest absolute Gasteiger partial charge is 0.334 e. The molecule has 2 amide bonds. The number of aryl methyl sites for hydroxylation is 1. The van der Waals surface area contributed by atoms with Crippen molar-refractivity contribution in [2.24, 2.45) is 7.05 Å². The third-order valence-corrected chi connectivity index (χ3v) is 7.85. The van der Waals surface area contributed by atoms with Crippen LogP contribution < -0.4 is 10.6 Å². The molecule has 0 saturated heterocycles. The molecule has 9 nitrogen and oxygen atoms in total. The van der Waals surface area contributed by atoms with Gasteiger partial charge in [0.1, 0.15) is 11.5 Å². The summed E-state index contributed by atoms with van der Waals surface area (Å²) in [5.74, 6) is 0.638. The molecule has 0 fully saturated rings. The van der Waals surface area contributed by atoms with Crippen LogP contribution >= 0.6 is 0 Å². The summed E-state index contributed by atoms with van der Waals surface area (Å²) in [6, 6.07) is 20.4. The van der Waals surface area contributed by atoms with Gasteiger partial charge in [-0.25, -0.2) is 18.2 Å². The Labute approximate surface area is 233 Å². The standard InChI is InChI=1S/C30H32N6O3S/c1-30(2,3)26-17-28(35(4)34-26)33-29(37)32-18-20-6-8-22(9-7-20)25-19-31-27-16-23(14-15-36(25)27)21-10-12-24(13-11-21)40(5,38)39/h6-17,19H,18H2,1-5H3,(H2,32,33,37). The Morgan fingerprint density at radius 3 is 2.23 bits per heavy atom. The number of imidazole rings is 1. The summed E-state index contributed by atoms with van der Waals surface area (Å²) < 4.78 is 27.2. The van der Waals surface area contributed by atoms with Crippen molar-refractivity contribution in [3.05, 3.63) is 90.4 Å². The Kier molecular flexibility index (Phi) is 6.97. The molecule has 0 bridgehead atoms. The molecule has 0 atom stereocenters. The number of benzene rings is 2.